The zero-order valence-electron chi connectivity index (χ0n) is 9.94. The summed E-state index contributed by atoms with van der Waals surface area (Å²) in [6.07, 6.45) is 1.18. The van der Waals surface area contributed by atoms with E-state index >= 15 is 0 Å². The maximum absolute atomic E-state index is 12.0. The van der Waals surface area contributed by atoms with Crippen LogP contribution in [0.1, 0.15) is 21.7 Å². The molecule has 19 heavy (non-hydrogen) atoms. The number of furan rings is 1. The fourth-order valence-electron chi connectivity index (χ4n) is 1.75. The first-order chi connectivity index (χ1) is 8.98. The Morgan fingerprint density at radius 2 is 1.79 bits per heavy atom. The number of hydrogen-bond acceptors (Lipinski definition) is 4. The lowest BCUT2D eigenvalue weighted by Crippen LogP contribution is -2.09. The Labute approximate surface area is 110 Å². The third kappa shape index (κ3) is 3.45. The van der Waals surface area contributed by atoms with Gasteiger partial charge in [0.2, 0.25) is 5.76 Å². The van der Waals surface area contributed by atoms with Crippen molar-refractivity contribution >= 4 is 15.8 Å². The maximum atomic E-state index is 12.0. The Balaban J connectivity index is 2.18. The van der Waals surface area contributed by atoms with Crippen molar-refractivity contribution in [3.05, 3.63) is 59.5 Å². The highest BCUT2D eigenvalue weighted by atomic mass is 32.2. The van der Waals surface area contributed by atoms with E-state index in [4.69, 9.17) is 9.52 Å². The first kappa shape index (κ1) is 13.4. The molecule has 0 fully saturated rings. The molecule has 1 aromatic carbocycles. The molecule has 0 atom stereocenters. The lowest BCUT2D eigenvalue weighted by Gasteiger charge is -2.03. The van der Waals surface area contributed by atoms with Crippen LogP contribution in [0.2, 0.25) is 0 Å². The monoisotopic (exact) mass is 280 g/mol. The number of carbonyl (C=O) groups is 1. The van der Waals surface area contributed by atoms with Gasteiger partial charge in [0.25, 0.3) is 0 Å². The molecular formula is C13H12O5S. The van der Waals surface area contributed by atoms with Gasteiger partial charge in [0, 0.05) is 5.56 Å². The standard InChI is InChI=1S/C13H12O5S/c14-13(15)12-11(6-7-18-12)9-19(16,17)8-10-4-2-1-3-5-10/h1-7H,8-9H2,(H,14,15). The number of sulfone groups is 1. The van der Waals surface area contributed by atoms with Crippen molar-refractivity contribution < 1.29 is 22.7 Å². The SMILES string of the molecule is O=C(O)c1occc1CS(=O)(=O)Cc1ccccc1. The lowest BCUT2D eigenvalue weighted by atomic mass is 10.2. The lowest BCUT2D eigenvalue weighted by molar-refractivity contribution is 0.0661. The predicted octanol–water partition coefficient (Wildman–Crippen LogP) is 2.09. The van der Waals surface area contributed by atoms with Crippen molar-refractivity contribution in [1.29, 1.82) is 0 Å². The Hall–Kier alpha value is -2.08. The molecule has 0 aliphatic heterocycles. The van der Waals surface area contributed by atoms with Crippen LogP contribution in [0.4, 0.5) is 0 Å². The topological polar surface area (TPSA) is 84.6 Å². The molecule has 1 heterocycles. The first-order valence-corrected chi connectivity index (χ1v) is 7.34. The van der Waals surface area contributed by atoms with Crippen molar-refractivity contribution in [3.63, 3.8) is 0 Å². The summed E-state index contributed by atoms with van der Waals surface area (Å²) in [4.78, 5) is 10.8. The molecule has 0 aliphatic rings. The van der Waals surface area contributed by atoms with E-state index in [0.29, 0.717) is 5.56 Å². The second kappa shape index (κ2) is 5.27. The Morgan fingerprint density at radius 1 is 1.11 bits per heavy atom. The second-order valence-corrected chi connectivity index (χ2v) is 6.16. The molecule has 6 heteroatoms. The maximum Gasteiger partial charge on any atom is 0.372 e. The van der Waals surface area contributed by atoms with Crippen molar-refractivity contribution in [2.24, 2.45) is 0 Å². The summed E-state index contributed by atoms with van der Waals surface area (Å²) in [5, 5.41) is 8.85. The minimum absolute atomic E-state index is 0.127. The zero-order chi connectivity index (χ0) is 13.9. The molecule has 100 valence electrons. The van der Waals surface area contributed by atoms with Crippen LogP contribution in [0.3, 0.4) is 0 Å². The van der Waals surface area contributed by atoms with Gasteiger partial charge in [-0.2, -0.15) is 0 Å². The largest absolute Gasteiger partial charge is 0.475 e. The average Bonchev–Trinajstić information content (AvgIpc) is 2.77. The highest BCUT2D eigenvalue weighted by Gasteiger charge is 2.20. The number of hydrogen-bond donors (Lipinski definition) is 1. The summed E-state index contributed by atoms with van der Waals surface area (Å²) in [5.41, 5.74) is 0.839. The number of aromatic carboxylic acids is 1. The van der Waals surface area contributed by atoms with Gasteiger partial charge in [-0.05, 0) is 11.6 Å². The second-order valence-electron chi connectivity index (χ2n) is 4.10. The van der Waals surface area contributed by atoms with Gasteiger partial charge in [0.15, 0.2) is 9.84 Å². The molecule has 0 radical (unpaired) electrons. The molecule has 2 aromatic rings. The molecule has 0 amide bonds. The van der Waals surface area contributed by atoms with Crippen molar-refractivity contribution in [2.45, 2.75) is 11.5 Å². The number of rotatable bonds is 5. The molecule has 1 aromatic heterocycles. The van der Waals surface area contributed by atoms with E-state index in [9.17, 15) is 13.2 Å². The van der Waals surface area contributed by atoms with E-state index in [0.717, 1.165) is 0 Å². The van der Waals surface area contributed by atoms with Crippen LogP contribution < -0.4 is 0 Å². The van der Waals surface area contributed by atoms with E-state index in [1.54, 1.807) is 30.3 Å². The molecule has 0 bridgehead atoms. The van der Waals surface area contributed by atoms with Crippen molar-refractivity contribution in [3.8, 4) is 0 Å². The molecule has 0 aliphatic carbocycles. The van der Waals surface area contributed by atoms with Crippen LogP contribution in [0.5, 0.6) is 0 Å². The van der Waals surface area contributed by atoms with Crippen molar-refractivity contribution in [1.82, 2.24) is 0 Å². The summed E-state index contributed by atoms with van der Waals surface area (Å²) in [6, 6.07) is 10.1. The number of carboxylic acids is 1. The highest BCUT2D eigenvalue weighted by molar-refractivity contribution is 7.89. The van der Waals surface area contributed by atoms with Crippen molar-refractivity contribution in [2.75, 3.05) is 0 Å². The van der Waals surface area contributed by atoms with E-state index in [1.165, 1.54) is 12.3 Å². The van der Waals surface area contributed by atoms with Crippen LogP contribution in [0, 0.1) is 0 Å². The first-order valence-electron chi connectivity index (χ1n) is 5.52. The summed E-state index contributed by atoms with van der Waals surface area (Å²) >= 11 is 0. The van der Waals surface area contributed by atoms with Gasteiger partial charge < -0.3 is 9.52 Å². The zero-order valence-corrected chi connectivity index (χ0v) is 10.8. The van der Waals surface area contributed by atoms with Gasteiger partial charge in [-0.3, -0.25) is 0 Å². The quantitative estimate of drug-likeness (QED) is 0.906. The third-order valence-corrected chi connectivity index (χ3v) is 4.07. The summed E-state index contributed by atoms with van der Waals surface area (Å²) in [5.74, 6) is -2.07. The van der Waals surface area contributed by atoms with Gasteiger partial charge in [0.1, 0.15) is 0 Å². The average molecular weight is 280 g/mol. The van der Waals surface area contributed by atoms with Crippen LogP contribution in [-0.2, 0) is 21.3 Å². The smallest absolute Gasteiger partial charge is 0.372 e. The van der Waals surface area contributed by atoms with E-state index < -0.39 is 15.8 Å². The molecule has 5 nitrogen and oxygen atoms in total. The van der Waals surface area contributed by atoms with Crippen LogP contribution in [-0.4, -0.2) is 19.5 Å². The third-order valence-electron chi connectivity index (χ3n) is 2.55. The molecule has 2 rings (SSSR count). The Bertz CT molecular complexity index is 670. The number of benzene rings is 1. The minimum Gasteiger partial charge on any atom is -0.475 e. The van der Waals surface area contributed by atoms with Gasteiger partial charge in [-0.1, -0.05) is 30.3 Å². The minimum atomic E-state index is -3.44. The van der Waals surface area contributed by atoms with Crippen LogP contribution >= 0.6 is 0 Å². The predicted molar refractivity (Wildman–Crippen MR) is 68.4 cm³/mol. The van der Waals surface area contributed by atoms with Gasteiger partial charge in [-0.15, -0.1) is 0 Å². The molecule has 0 saturated carbocycles. The van der Waals surface area contributed by atoms with E-state index in [1.807, 2.05) is 0 Å². The molecule has 1 N–H and O–H groups in total. The summed E-state index contributed by atoms with van der Waals surface area (Å²) in [7, 11) is -3.44. The molecule has 0 unspecified atom stereocenters. The molecule has 0 saturated heterocycles. The van der Waals surface area contributed by atoms with Crippen LogP contribution in [0.25, 0.3) is 0 Å². The highest BCUT2D eigenvalue weighted by Crippen LogP contribution is 2.17. The normalized spacial score (nSPS) is 11.4. The fourth-order valence-corrected chi connectivity index (χ4v) is 3.26. The van der Waals surface area contributed by atoms with Gasteiger partial charge in [-0.25, -0.2) is 13.2 Å². The fraction of sp³-hybridized carbons (Fsp3) is 0.154. The summed E-state index contributed by atoms with van der Waals surface area (Å²) < 4.78 is 28.8. The van der Waals surface area contributed by atoms with Gasteiger partial charge >= 0.3 is 5.97 Å². The van der Waals surface area contributed by atoms with Gasteiger partial charge in [0.05, 0.1) is 17.8 Å². The summed E-state index contributed by atoms with van der Waals surface area (Å²) in [6.45, 7) is 0. The molecule has 0 spiro atoms. The number of carboxylic acid groups (broad SMARTS) is 1. The molecular weight excluding hydrogens is 268 g/mol. The van der Waals surface area contributed by atoms with Crippen LogP contribution in [0.15, 0.2) is 47.1 Å². The Kier molecular flexibility index (Phi) is 3.71. The van der Waals surface area contributed by atoms with E-state index in [2.05, 4.69) is 0 Å². The van der Waals surface area contributed by atoms with E-state index in [-0.39, 0.29) is 22.8 Å². The Morgan fingerprint density at radius 3 is 2.42 bits per heavy atom.